The molecule has 0 aliphatic carbocycles. The van der Waals surface area contributed by atoms with Gasteiger partial charge in [0, 0.05) is 18.7 Å². The number of halogens is 3. The first-order valence-electron chi connectivity index (χ1n) is 7.26. The first kappa shape index (κ1) is 16.7. The van der Waals surface area contributed by atoms with Crippen LogP contribution in [0.3, 0.4) is 0 Å². The van der Waals surface area contributed by atoms with Crippen molar-refractivity contribution in [3.63, 3.8) is 0 Å². The number of rotatable bonds is 3. The molecule has 124 valence electrons. The number of anilines is 2. The third kappa shape index (κ3) is 3.37. The molecule has 4 nitrogen and oxygen atoms in total. The molecule has 1 fully saturated rings. The average Bonchev–Trinajstić information content (AvgIpc) is 2.94. The number of hydrogen-bond donors (Lipinski definition) is 1. The summed E-state index contributed by atoms with van der Waals surface area (Å²) in [6, 6.07) is 10.7. The van der Waals surface area contributed by atoms with Gasteiger partial charge in [0.25, 0.3) is 0 Å². The van der Waals surface area contributed by atoms with E-state index >= 15 is 0 Å². The van der Waals surface area contributed by atoms with Gasteiger partial charge in [-0.1, -0.05) is 35.3 Å². The van der Waals surface area contributed by atoms with Crippen LogP contribution in [0.15, 0.2) is 42.5 Å². The molecular formula is C17H13Cl2FN2O2. The minimum atomic E-state index is -0.563. The van der Waals surface area contributed by atoms with Crippen molar-refractivity contribution < 1.29 is 14.0 Å². The molecule has 0 bridgehead atoms. The van der Waals surface area contributed by atoms with Gasteiger partial charge in [-0.15, -0.1) is 0 Å². The van der Waals surface area contributed by atoms with Crippen LogP contribution in [0.1, 0.15) is 6.42 Å². The summed E-state index contributed by atoms with van der Waals surface area (Å²) in [5, 5.41) is 3.25. The van der Waals surface area contributed by atoms with E-state index in [0.717, 1.165) is 0 Å². The summed E-state index contributed by atoms with van der Waals surface area (Å²) in [5.41, 5.74) is 0.679. The van der Waals surface area contributed by atoms with Crippen LogP contribution in [0.4, 0.5) is 15.8 Å². The van der Waals surface area contributed by atoms with Crippen molar-refractivity contribution >= 4 is 46.4 Å². The molecule has 1 saturated heterocycles. The second-order valence-electron chi connectivity index (χ2n) is 5.47. The number of hydrogen-bond acceptors (Lipinski definition) is 2. The van der Waals surface area contributed by atoms with Crippen molar-refractivity contribution in [1.82, 2.24) is 0 Å². The normalized spacial score (nSPS) is 17.2. The first-order chi connectivity index (χ1) is 11.5. The van der Waals surface area contributed by atoms with Crippen LogP contribution in [0.25, 0.3) is 0 Å². The van der Waals surface area contributed by atoms with Gasteiger partial charge in [0.15, 0.2) is 0 Å². The fourth-order valence-corrected chi connectivity index (χ4v) is 2.88. The molecule has 1 heterocycles. The lowest BCUT2D eigenvalue weighted by molar-refractivity contribution is -0.122. The van der Waals surface area contributed by atoms with Crippen LogP contribution in [0, 0.1) is 11.7 Å². The second-order valence-corrected chi connectivity index (χ2v) is 6.29. The Morgan fingerprint density at radius 3 is 2.62 bits per heavy atom. The Morgan fingerprint density at radius 2 is 1.92 bits per heavy atom. The maximum absolute atomic E-state index is 13.6. The fourth-order valence-electron chi connectivity index (χ4n) is 2.58. The lowest BCUT2D eigenvalue weighted by atomic mass is 10.1. The smallest absolute Gasteiger partial charge is 0.229 e. The van der Waals surface area contributed by atoms with Gasteiger partial charge in [0.05, 0.1) is 21.7 Å². The summed E-state index contributed by atoms with van der Waals surface area (Å²) >= 11 is 11.8. The van der Waals surface area contributed by atoms with Gasteiger partial charge < -0.3 is 10.2 Å². The molecule has 1 N–H and O–H groups in total. The van der Waals surface area contributed by atoms with Gasteiger partial charge in [-0.25, -0.2) is 4.39 Å². The number of para-hydroxylation sites is 1. The van der Waals surface area contributed by atoms with E-state index in [2.05, 4.69) is 5.32 Å². The zero-order valence-electron chi connectivity index (χ0n) is 12.4. The van der Waals surface area contributed by atoms with Gasteiger partial charge in [0.1, 0.15) is 5.82 Å². The number of carbonyl (C=O) groups is 2. The number of carbonyl (C=O) groups excluding carboxylic acids is 2. The summed E-state index contributed by atoms with van der Waals surface area (Å²) in [6.07, 6.45) is 0.0561. The molecule has 0 radical (unpaired) electrons. The quantitative estimate of drug-likeness (QED) is 0.887. The van der Waals surface area contributed by atoms with E-state index in [1.165, 1.54) is 23.1 Å². The number of nitrogens with one attached hydrogen (secondary N) is 1. The summed E-state index contributed by atoms with van der Waals surface area (Å²) in [5.74, 6) is -1.67. The molecule has 7 heteroatoms. The van der Waals surface area contributed by atoms with Gasteiger partial charge in [0.2, 0.25) is 11.8 Å². The van der Waals surface area contributed by atoms with Crippen LogP contribution in [0.5, 0.6) is 0 Å². The van der Waals surface area contributed by atoms with Crippen molar-refractivity contribution in [1.29, 1.82) is 0 Å². The van der Waals surface area contributed by atoms with E-state index in [4.69, 9.17) is 23.2 Å². The molecule has 24 heavy (non-hydrogen) atoms. The molecule has 0 aromatic heterocycles. The minimum Gasteiger partial charge on any atom is -0.323 e. The highest BCUT2D eigenvalue weighted by molar-refractivity contribution is 6.42. The van der Waals surface area contributed by atoms with Crippen molar-refractivity contribution in [2.24, 2.45) is 5.92 Å². The molecule has 0 unspecified atom stereocenters. The monoisotopic (exact) mass is 366 g/mol. The minimum absolute atomic E-state index is 0.0561. The third-order valence-corrected chi connectivity index (χ3v) is 4.58. The highest BCUT2D eigenvalue weighted by atomic mass is 35.5. The fraction of sp³-hybridized carbons (Fsp3) is 0.176. The van der Waals surface area contributed by atoms with Crippen LogP contribution < -0.4 is 10.2 Å². The molecule has 3 rings (SSSR count). The van der Waals surface area contributed by atoms with E-state index in [1.54, 1.807) is 24.3 Å². The van der Waals surface area contributed by atoms with E-state index in [-0.39, 0.29) is 24.6 Å². The highest BCUT2D eigenvalue weighted by Crippen LogP contribution is 2.31. The summed E-state index contributed by atoms with van der Waals surface area (Å²) in [7, 11) is 0. The Bertz CT molecular complexity index is 813. The van der Waals surface area contributed by atoms with Crippen molar-refractivity contribution in [2.45, 2.75) is 6.42 Å². The van der Waals surface area contributed by atoms with Gasteiger partial charge >= 0.3 is 0 Å². The average molecular weight is 367 g/mol. The van der Waals surface area contributed by atoms with Crippen LogP contribution in [-0.2, 0) is 9.59 Å². The Kier molecular flexibility index (Phi) is 4.73. The molecule has 0 spiro atoms. The van der Waals surface area contributed by atoms with E-state index in [0.29, 0.717) is 15.7 Å². The van der Waals surface area contributed by atoms with Gasteiger partial charge in [-0.3, -0.25) is 9.59 Å². The summed E-state index contributed by atoms with van der Waals surface area (Å²) in [4.78, 5) is 26.0. The van der Waals surface area contributed by atoms with E-state index in [9.17, 15) is 14.0 Å². The Balaban J connectivity index is 1.73. The third-order valence-electron chi connectivity index (χ3n) is 3.84. The maximum atomic E-state index is 13.6. The molecule has 1 aliphatic heterocycles. The SMILES string of the molecule is O=C(Nc1ccccc1F)[C@@H]1CC(=O)N(c2ccc(Cl)c(Cl)c2)C1. The van der Waals surface area contributed by atoms with E-state index in [1.807, 2.05) is 0 Å². The maximum Gasteiger partial charge on any atom is 0.229 e. The molecule has 2 aromatic rings. The topological polar surface area (TPSA) is 49.4 Å². The molecule has 2 aromatic carbocycles. The molecule has 0 saturated carbocycles. The zero-order valence-corrected chi connectivity index (χ0v) is 13.9. The zero-order chi connectivity index (χ0) is 17.3. The number of benzene rings is 2. The lowest BCUT2D eigenvalue weighted by Crippen LogP contribution is -2.28. The van der Waals surface area contributed by atoms with E-state index < -0.39 is 17.6 Å². The van der Waals surface area contributed by atoms with Crippen molar-refractivity contribution in [3.8, 4) is 0 Å². The van der Waals surface area contributed by atoms with Crippen molar-refractivity contribution in [2.75, 3.05) is 16.8 Å². The predicted octanol–water partition coefficient (Wildman–Crippen LogP) is 4.12. The second kappa shape index (κ2) is 6.79. The molecular weight excluding hydrogens is 354 g/mol. The largest absolute Gasteiger partial charge is 0.323 e. The van der Waals surface area contributed by atoms with Crippen LogP contribution in [0.2, 0.25) is 10.0 Å². The molecule has 1 atom stereocenters. The first-order valence-corrected chi connectivity index (χ1v) is 8.02. The summed E-state index contributed by atoms with van der Waals surface area (Å²) < 4.78 is 13.6. The Morgan fingerprint density at radius 1 is 1.17 bits per heavy atom. The molecule has 2 amide bonds. The number of nitrogens with zero attached hydrogens (tertiary/aromatic N) is 1. The number of amides is 2. The highest BCUT2D eigenvalue weighted by Gasteiger charge is 2.35. The Labute approximate surface area is 148 Å². The molecule has 1 aliphatic rings. The van der Waals surface area contributed by atoms with Crippen LogP contribution in [-0.4, -0.2) is 18.4 Å². The lowest BCUT2D eigenvalue weighted by Gasteiger charge is -2.17. The van der Waals surface area contributed by atoms with Crippen LogP contribution >= 0.6 is 23.2 Å². The summed E-state index contributed by atoms with van der Waals surface area (Å²) in [6.45, 7) is 0.205. The van der Waals surface area contributed by atoms with Gasteiger partial charge in [-0.2, -0.15) is 0 Å². The predicted molar refractivity (Wildman–Crippen MR) is 92.0 cm³/mol. The standard InChI is InChI=1S/C17H13Cl2FN2O2/c18-12-6-5-11(8-13(12)19)22-9-10(7-16(22)23)17(24)21-15-4-2-1-3-14(15)20/h1-6,8,10H,7,9H2,(H,21,24)/t10-/m1/s1. The Hall–Kier alpha value is -2.11. The van der Waals surface area contributed by atoms with Crippen molar-refractivity contribution in [3.05, 3.63) is 58.3 Å². The van der Waals surface area contributed by atoms with Gasteiger partial charge in [-0.05, 0) is 30.3 Å².